The molecule has 0 aromatic heterocycles. The molecular weight excluding hydrogens is 400 g/mol. The van der Waals surface area contributed by atoms with Crippen molar-refractivity contribution in [2.75, 3.05) is 13.2 Å². The van der Waals surface area contributed by atoms with Crippen molar-refractivity contribution >= 4 is 5.97 Å². The van der Waals surface area contributed by atoms with Gasteiger partial charge in [0.1, 0.15) is 5.60 Å². The average molecular weight is 441 g/mol. The lowest BCUT2D eigenvalue weighted by Crippen LogP contribution is -2.57. The van der Waals surface area contributed by atoms with Crippen LogP contribution in [0.25, 0.3) is 0 Å². The van der Waals surface area contributed by atoms with Crippen molar-refractivity contribution in [3.05, 3.63) is 0 Å². The van der Waals surface area contributed by atoms with Gasteiger partial charge in [0.05, 0.1) is 24.9 Å². The summed E-state index contributed by atoms with van der Waals surface area (Å²) in [4.78, 5) is 12.0. The van der Waals surface area contributed by atoms with E-state index in [2.05, 4.69) is 6.92 Å². The highest BCUT2D eigenvalue weighted by molar-refractivity contribution is 5.69. The average Bonchev–Trinajstić information content (AvgIpc) is 2.96. The third-order valence-electron chi connectivity index (χ3n) is 10.0. The fourth-order valence-corrected chi connectivity index (χ4v) is 8.24. The maximum Gasteiger partial charge on any atom is 0.305 e. The Labute approximate surface area is 184 Å². The van der Waals surface area contributed by atoms with Crippen LogP contribution in [0.15, 0.2) is 0 Å². The molecule has 178 valence electrons. The SMILES string of the molecule is C[C@H]1[C@@H]2CC[C@H]3[C@@H](COC(=O)CCCO)C[C@]2(C[C@@H](O)[C@@]2(O)[C@H]1C[C@H](O)C2(C)C)[C@@H]3O. The summed E-state index contributed by atoms with van der Waals surface area (Å²) in [5.41, 5.74) is -2.74. The number of carbonyl (C=O) groups excluding carboxylic acids is 1. The van der Waals surface area contributed by atoms with E-state index in [9.17, 15) is 25.2 Å². The molecule has 2 bridgehead atoms. The largest absolute Gasteiger partial charge is 0.465 e. The Morgan fingerprint density at radius 1 is 1.06 bits per heavy atom. The van der Waals surface area contributed by atoms with Crippen molar-refractivity contribution in [2.45, 2.75) is 89.6 Å². The minimum atomic E-state index is -1.40. The zero-order valence-corrected chi connectivity index (χ0v) is 19.0. The van der Waals surface area contributed by atoms with Crippen molar-refractivity contribution in [3.8, 4) is 0 Å². The second-order valence-electron chi connectivity index (χ2n) is 11.5. The summed E-state index contributed by atoms with van der Waals surface area (Å²) in [7, 11) is 0. The minimum Gasteiger partial charge on any atom is -0.465 e. The van der Waals surface area contributed by atoms with E-state index in [0.717, 1.165) is 12.8 Å². The molecule has 4 aliphatic carbocycles. The molecule has 1 spiro atoms. The first-order chi connectivity index (χ1) is 14.5. The van der Waals surface area contributed by atoms with Crippen molar-refractivity contribution in [1.82, 2.24) is 0 Å². The molecule has 7 nitrogen and oxygen atoms in total. The van der Waals surface area contributed by atoms with Gasteiger partial charge in [-0.1, -0.05) is 20.8 Å². The molecule has 10 atom stereocenters. The van der Waals surface area contributed by atoms with E-state index in [1.807, 2.05) is 13.8 Å². The number of aliphatic hydroxyl groups is 5. The number of rotatable bonds is 5. The van der Waals surface area contributed by atoms with E-state index < -0.39 is 34.7 Å². The molecule has 31 heavy (non-hydrogen) atoms. The maximum atomic E-state index is 12.0. The number of esters is 1. The molecule has 0 aliphatic heterocycles. The highest BCUT2D eigenvalue weighted by atomic mass is 16.5. The number of hydrogen-bond acceptors (Lipinski definition) is 7. The van der Waals surface area contributed by atoms with Gasteiger partial charge in [0, 0.05) is 23.9 Å². The van der Waals surface area contributed by atoms with Gasteiger partial charge in [-0.3, -0.25) is 4.79 Å². The van der Waals surface area contributed by atoms with Crippen LogP contribution in [0.5, 0.6) is 0 Å². The van der Waals surface area contributed by atoms with Gasteiger partial charge < -0.3 is 30.3 Å². The van der Waals surface area contributed by atoms with Crippen molar-refractivity contribution in [3.63, 3.8) is 0 Å². The first-order valence-electron chi connectivity index (χ1n) is 12.0. The van der Waals surface area contributed by atoms with Crippen LogP contribution in [-0.4, -0.2) is 68.6 Å². The monoisotopic (exact) mass is 440 g/mol. The van der Waals surface area contributed by atoms with Gasteiger partial charge in [-0.25, -0.2) is 0 Å². The predicted octanol–water partition coefficient (Wildman–Crippen LogP) is 1.23. The van der Waals surface area contributed by atoms with Crippen molar-refractivity contribution in [1.29, 1.82) is 0 Å². The van der Waals surface area contributed by atoms with Gasteiger partial charge in [0.25, 0.3) is 0 Å². The molecule has 4 saturated carbocycles. The molecule has 0 aromatic carbocycles. The zero-order valence-electron chi connectivity index (χ0n) is 19.0. The van der Waals surface area contributed by atoms with Crippen LogP contribution in [-0.2, 0) is 9.53 Å². The van der Waals surface area contributed by atoms with Gasteiger partial charge in [0.15, 0.2) is 0 Å². The summed E-state index contributed by atoms with van der Waals surface area (Å²) in [6, 6.07) is 0. The van der Waals surface area contributed by atoms with E-state index in [-0.39, 0.29) is 55.2 Å². The first-order valence-corrected chi connectivity index (χ1v) is 12.0. The normalized spacial score (nSPS) is 50.5. The van der Waals surface area contributed by atoms with Gasteiger partial charge >= 0.3 is 5.97 Å². The fourth-order valence-electron chi connectivity index (χ4n) is 8.24. The second-order valence-corrected chi connectivity index (χ2v) is 11.5. The van der Waals surface area contributed by atoms with Gasteiger partial charge in [-0.05, 0) is 68.1 Å². The highest BCUT2D eigenvalue weighted by Gasteiger charge is 2.71. The van der Waals surface area contributed by atoms with Crippen molar-refractivity contribution < 1.29 is 35.1 Å². The standard InChI is InChI=1S/C24H40O7/c1-13-16-7-6-15-14(12-31-20(28)5-4-8-25)10-23(16,21(15)29)11-19(27)24(30)17(13)9-18(26)22(24,2)3/h13-19,21,25-27,29-30H,4-12H2,1-3H3/t13-,14+,15-,16-,17-,18-,19+,21+,23+,24-/m0/s1. The lowest BCUT2D eigenvalue weighted by Gasteiger charge is -2.47. The maximum absolute atomic E-state index is 12.0. The Morgan fingerprint density at radius 3 is 2.45 bits per heavy atom. The molecule has 0 aromatic rings. The Balaban J connectivity index is 1.60. The molecule has 0 unspecified atom stereocenters. The number of hydrogen-bond donors (Lipinski definition) is 5. The number of carbonyl (C=O) groups is 1. The zero-order chi connectivity index (χ0) is 22.8. The summed E-state index contributed by atoms with van der Waals surface area (Å²) >= 11 is 0. The molecule has 4 fully saturated rings. The molecule has 0 radical (unpaired) electrons. The summed E-state index contributed by atoms with van der Waals surface area (Å²) in [5, 5.41) is 54.3. The highest BCUT2D eigenvalue weighted by Crippen LogP contribution is 2.68. The third kappa shape index (κ3) is 3.22. The Hall–Kier alpha value is -0.730. The topological polar surface area (TPSA) is 127 Å². The molecule has 7 heteroatoms. The lowest BCUT2D eigenvalue weighted by molar-refractivity contribution is -0.178. The van der Waals surface area contributed by atoms with E-state index in [1.54, 1.807) is 0 Å². The van der Waals surface area contributed by atoms with E-state index >= 15 is 0 Å². The molecule has 0 amide bonds. The Kier molecular flexibility index (Phi) is 6.00. The predicted molar refractivity (Wildman–Crippen MR) is 113 cm³/mol. The van der Waals surface area contributed by atoms with Crippen LogP contribution in [0.1, 0.15) is 65.7 Å². The van der Waals surface area contributed by atoms with Gasteiger partial charge in [-0.2, -0.15) is 0 Å². The van der Waals surface area contributed by atoms with E-state index in [0.29, 0.717) is 25.7 Å². The number of aliphatic hydroxyl groups excluding tert-OH is 4. The molecule has 4 rings (SSSR count). The summed E-state index contributed by atoms with van der Waals surface area (Å²) in [6.45, 7) is 5.99. The van der Waals surface area contributed by atoms with Gasteiger partial charge in [-0.15, -0.1) is 0 Å². The molecule has 5 N–H and O–H groups in total. The minimum absolute atomic E-state index is 0.0208. The molecular formula is C24H40O7. The van der Waals surface area contributed by atoms with E-state index in [1.165, 1.54) is 0 Å². The Bertz CT molecular complexity index is 695. The van der Waals surface area contributed by atoms with Crippen LogP contribution >= 0.6 is 0 Å². The smallest absolute Gasteiger partial charge is 0.305 e. The Morgan fingerprint density at radius 2 is 1.77 bits per heavy atom. The summed E-state index contributed by atoms with van der Waals surface area (Å²) < 4.78 is 5.48. The fraction of sp³-hybridized carbons (Fsp3) is 0.958. The van der Waals surface area contributed by atoms with Crippen LogP contribution in [0.2, 0.25) is 0 Å². The van der Waals surface area contributed by atoms with Crippen LogP contribution in [0.3, 0.4) is 0 Å². The summed E-state index contributed by atoms with van der Waals surface area (Å²) in [6.07, 6.45) is 1.44. The van der Waals surface area contributed by atoms with Crippen LogP contribution in [0.4, 0.5) is 0 Å². The van der Waals surface area contributed by atoms with E-state index in [4.69, 9.17) is 9.84 Å². The molecule has 0 saturated heterocycles. The summed E-state index contributed by atoms with van der Waals surface area (Å²) in [5.74, 6) is -0.302. The van der Waals surface area contributed by atoms with Gasteiger partial charge in [0.2, 0.25) is 0 Å². The first kappa shape index (κ1) is 23.4. The molecule has 0 heterocycles. The number of fused-ring (bicyclic) bond motifs is 2. The lowest BCUT2D eigenvalue weighted by atomic mass is 9.59. The van der Waals surface area contributed by atoms with Crippen LogP contribution < -0.4 is 0 Å². The van der Waals surface area contributed by atoms with Crippen molar-refractivity contribution in [2.24, 2.45) is 40.4 Å². The molecule has 4 aliphatic rings. The second kappa shape index (κ2) is 7.94. The van der Waals surface area contributed by atoms with Crippen LogP contribution in [0, 0.1) is 40.4 Å². The number of ether oxygens (including phenoxy) is 1. The quantitative estimate of drug-likeness (QED) is 0.407. The third-order valence-corrected chi connectivity index (χ3v) is 10.0.